The van der Waals surface area contributed by atoms with Crippen LogP contribution in [0, 0.1) is 5.41 Å². The first-order chi connectivity index (χ1) is 12.4. The zero-order chi connectivity index (χ0) is 18.5. The quantitative estimate of drug-likeness (QED) is 0.770. The van der Waals surface area contributed by atoms with Gasteiger partial charge in [-0.1, -0.05) is 35.7 Å². The van der Waals surface area contributed by atoms with E-state index in [-0.39, 0.29) is 12.1 Å². The lowest BCUT2D eigenvalue weighted by Crippen LogP contribution is -2.59. The van der Waals surface area contributed by atoms with E-state index in [1.807, 2.05) is 6.92 Å². The van der Waals surface area contributed by atoms with Crippen molar-refractivity contribution in [3.63, 3.8) is 0 Å². The van der Waals surface area contributed by atoms with E-state index < -0.39 is 0 Å². The van der Waals surface area contributed by atoms with Crippen LogP contribution in [-0.2, 0) is 4.79 Å². The Morgan fingerprint density at radius 2 is 1.85 bits per heavy atom. The predicted octanol–water partition coefficient (Wildman–Crippen LogP) is 3.97. The van der Waals surface area contributed by atoms with Gasteiger partial charge in [0.05, 0.1) is 15.7 Å². The van der Waals surface area contributed by atoms with E-state index in [2.05, 4.69) is 4.90 Å². The Bertz CT molecular complexity index is 752. The van der Waals surface area contributed by atoms with Crippen molar-refractivity contribution in [2.24, 2.45) is 11.3 Å². The normalized spacial score (nSPS) is 25.4. The van der Waals surface area contributed by atoms with E-state index >= 15 is 0 Å². The fraction of sp³-hybridized carbons (Fsp3) is 0.526. The van der Waals surface area contributed by atoms with Crippen molar-refractivity contribution < 1.29 is 4.79 Å². The number of hydrogen-bond acceptors (Lipinski definition) is 4. The van der Waals surface area contributed by atoms with Gasteiger partial charge in [-0.25, -0.2) is 5.84 Å². The van der Waals surface area contributed by atoms with Crippen LogP contribution >= 0.6 is 23.2 Å². The lowest BCUT2D eigenvalue weighted by Gasteiger charge is -2.51. The smallest absolute Gasteiger partial charge is 0.256 e. The lowest BCUT2D eigenvalue weighted by atomic mass is 9.63. The Balaban J connectivity index is 1.58. The second kappa shape index (κ2) is 6.63. The van der Waals surface area contributed by atoms with Crippen LogP contribution in [0.4, 0.5) is 5.69 Å². The largest absolute Gasteiger partial charge is 0.357 e. The van der Waals surface area contributed by atoms with Crippen LogP contribution < -0.4 is 10.7 Å². The number of hydrazine groups is 1. The molecule has 1 unspecified atom stereocenters. The van der Waals surface area contributed by atoms with Crippen molar-refractivity contribution in [2.75, 3.05) is 18.0 Å². The number of rotatable bonds is 2. The highest BCUT2D eigenvalue weighted by Crippen LogP contribution is 2.49. The molecule has 1 aromatic carbocycles. The molecule has 7 heteroatoms. The number of likely N-dealkylation sites (tertiary alicyclic amines) is 1. The molecule has 4 rings (SSSR count). The minimum atomic E-state index is -0.349. The molecule has 1 aliphatic carbocycles. The lowest BCUT2D eigenvalue weighted by molar-refractivity contribution is -0.116. The molecule has 0 radical (unpaired) electrons. The standard InChI is InChI=1S/C19H24Cl2N4O/c1-13-24(15-5-2-4-14(20)18(15)21)17(26)12-16(25(13)22)23-10-8-19(9-11-23)6-3-7-19/h2,4-5,12-13H,3,6-11,22H2,1H3. The van der Waals surface area contributed by atoms with Crippen LogP contribution in [0.2, 0.25) is 10.0 Å². The van der Waals surface area contributed by atoms with Gasteiger partial charge in [-0.15, -0.1) is 0 Å². The molecule has 0 bridgehead atoms. The Morgan fingerprint density at radius 1 is 1.15 bits per heavy atom. The van der Waals surface area contributed by atoms with Crippen molar-refractivity contribution in [1.82, 2.24) is 9.91 Å². The number of halogens is 2. The summed E-state index contributed by atoms with van der Waals surface area (Å²) in [6, 6.07) is 5.28. The topological polar surface area (TPSA) is 52.8 Å². The van der Waals surface area contributed by atoms with Crippen LogP contribution in [0.5, 0.6) is 0 Å². The average Bonchev–Trinajstić information content (AvgIpc) is 2.60. The number of hydrogen-bond donors (Lipinski definition) is 1. The molecular weight excluding hydrogens is 371 g/mol. The van der Waals surface area contributed by atoms with E-state index in [1.165, 1.54) is 32.1 Å². The number of carbonyl (C=O) groups excluding carboxylic acids is 1. The molecule has 2 N–H and O–H groups in total. The number of carbonyl (C=O) groups is 1. The highest BCUT2D eigenvalue weighted by molar-refractivity contribution is 6.44. The molecule has 1 aromatic rings. The van der Waals surface area contributed by atoms with E-state index in [4.69, 9.17) is 29.0 Å². The van der Waals surface area contributed by atoms with Gasteiger partial charge < -0.3 is 4.90 Å². The molecule has 1 spiro atoms. The molecule has 5 nitrogen and oxygen atoms in total. The Hall–Kier alpha value is -1.43. The molecule has 1 saturated heterocycles. The molecule has 0 aromatic heterocycles. The van der Waals surface area contributed by atoms with Gasteiger partial charge in [-0.05, 0) is 50.2 Å². The van der Waals surface area contributed by atoms with Crippen molar-refractivity contribution in [3.8, 4) is 0 Å². The number of piperidine rings is 1. The number of anilines is 1. The highest BCUT2D eigenvalue weighted by atomic mass is 35.5. The van der Waals surface area contributed by atoms with Gasteiger partial charge >= 0.3 is 0 Å². The summed E-state index contributed by atoms with van der Waals surface area (Å²) in [5.41, 5.74) is 1.13. The van der Waals surface area contributed by atoms with Gasteiger partial charge in [-0.3, -0.25) is 14.7 Å². The highest BCUT2D eigenvalue weighted by Gasteiger charge is 2.42. The minimum Gasteiger partial charge on any atom is -0.357 e. The fourth-order valence-corrected chi connectivity index (χ4v) is 4.78. The number of nitrogens with two attached hydrogens (primary N) is 1. The van der Waals surface area contributed by atoms with Crippen LogP contribution in [0.15, 0.2) is 30.1 Å². The zero-order valence-electron chi connectivity index (χ0n) is 14.9. The SMILES string of the molecule is CC1N(N)C(N2CCC3(CCC3)CC2)=CC(=O)N1c1cccc(Cl)c1Cl. The Morgan fingerprint density at radius 3 is 2.46 bits per heavy atom. The third kappa shape index (κ3) is 2.86. The number of amides is 1. The summed E-state index contributed by atoms with van der Waals surface area (Å²) in [6.45, 7) is 3.81. The molecule has 3 aliphatic rings. The molecule has 140 valence electrons. The van der Waals surface area contributed by atoms with Crippen LogP contribution in [0.25, 0.3) is 0 Å². The fourth-order valence-electron chi connectivity index (χ4n) is 4.39. The first kappa shape index (κ1) is 18.0. The van der Waals surface area contributed by atoms with E-state index in [1.54, 1.807) is 34.2 Å². The van der Waals surface area contributed by atoms with Gasteiger partial charge in [0.1, 0.15) is 12.0 Å². The maximum absolute atomic E-state index is 12.9. The van der Waals surface area contributed by atoms with E-state index in [9.17, 15) is 4.79 Å². The average molecular weight is 395 g/mol. The second-order valence-corrected chi connectivity index (χ2v) is 8.45. The third-order valence-electron chi connectivity index (χ3n) is 6.28. The molecule has 1 amide bonds. The minimum absolute atomic E-state index is 0.123. The first-order valence-corrected chi connectivity index (χ1v) is 9.95. The predicted molar refractivity (Wildman–Crippen MR) is 105 cm³/mol. The zero-order valence-corrected chi connectivity index (χ0v) is 16.4. The van der Waals surface area contributed by atoms with Crippen molar-refractivity contribution in [1.29, 1.82) is 0 Å². The molecular formula is C19H24Cl2N4O. The summed E-state index contributed by atoms with van der Waals surface area (Å²) < 4.78 is 0. The summed E-state index contributed by atoms with van der Waals surface area (Å²) in [5, 5.41) is 2.45. The van der Waals surface area contributed by atoms with Crippen molar-refractivity contribution in [3.05, 3.63) is 40.1 Å². The molecule has 2 aliphatic heterocycles. The summed E-state index contributed by atoms with van der Waals surface area (Å²) in [5.74, 6) is 7.07. The van der Waals surface area contributed by atoms with Gasteiger partial charge in [-0.2, -0.15) is 0 Å². The summed E-state index contributed by atoms with van der Waals surface area (Å²) in [6.07, 6.45) is 7.70. The maximum Gasteiger partial charge on any atom is 0.256 e. The van der Waals surface area contributed by atoms with Crippen LogP contribution in [0.3, 0.4) is 0 Å². The number of nitrogens with zero attached hydrogens (tertiary/aromatic N) is 3. The molecule has 2 fully saturated rings. The monoisotopic (exact) mass is 394 g/mol. The summed E-state index contributed by atoms with van der Waals surface area (Å²) >= 11 is 12.5. The molecule has 1 saturated carbocycles. The second-order valence-electron chi connectivity index (χ2n) is 7.66. The summed E-state index contributed by atoms with van der Waals surface area (Å²) in [4.78, 5) is 16.7. The molecule has 1 atom stereocenters. The van der Waals surface area contributed by atoms with E-state index in [0.717, 1.165) is 18.9 Å². The maximum atomic E-state index is 12.9. The molecule has 2 heterocycles. The third-order valence-corrected chi connectivity index (χ3v) is 7.09. The Labute approximate surface area is 164 Å². The van der Waals surface area contributed by atoms with Gasteiger partial charge in [0, 0.05) is 19.2 Å². The van der Waals surface area contributed by atoms with Crippen LogP contribution in [0.1, 0.15) is 39.0 Å². The summed E-state index contributed by atoms with van der Waals surface area (Å²) in [7, 11) is 0. The van der Waals surface area contributed by atoms with Crippen molar-refractivity contribution in [2.45, 2.75) is 45.2 Å². The Kier molecular flexibility index (Phi) is 4.58. The number of benzene rings is 1. The van der Waals surface area contributed by atoms with Crippen LogP contribution in [-0.4, -0.2) is 35.1 Å². The van der Waals surface area contributed by atoms with E-state index in [0.29, 0.717) is 21.1 Å². The van der Waals surface area contributed by atoms with Gasteiger partial charge in [0.15, 0.2) is 0 Å². The van der Waals surface area contributed by atoms with Crippen molar-refractivity contribution >= 4 is 34.8 Å². The van der Waals surface area contributed by atoms with Gasteiger partial charge in [0.25, 0.3) is 5.91 Å². The van der Waals surface area contributed by atoms with Gasteiger partial charge in [0.2, 0.25) is 0 Å². The first-order valence-electron chi connectivity index (χ1n) is 9.20. The molecule has 26 heavy (non-hydrogen) atoms.